The highest BCUT2D eigenvalue weighted by Crippen LogP contribution is 2.19. The van der Waals surface area contributed by atoms with E-state index in [1.165, 1.54) is 6.07 Å². The average Bonchev–Trinajstić information content (AvgIpc) is 3.16. The van der Waals surface area contributed by atoms with Crippen molar-refractivity contribution >= 4 is 27.7 Å². The van der Waals surface area contributed by atoms with E-state index in [-0.39, 0.29) is 18.2 Å². The van der Waals surface area contributed by atoms with Crippen molar-refractivity contribution in [3.8, 4) is 5.75 Å². The molecular formula is C21H19BrN2O4. The molecule has 144 valence electrons. The van der Waals surface area contributed by atoms with Gasteiger partial charge in [-0.05, 0) is 39.7 Å². The Morgan fingerprint density at radius 1 is 0.929 bits per heavy atom. The lowest BCUT2D eigenvalue weighted by Crippen LogP contribution is -2.36. The molecule has 0 saturated carbocycles. The zero-order valence-corrected chi connectivity index (χ0v) is 16.6. The Morgan fingerprint density at radius 3 is 2.43 bits per heavy atom. The summed E-state index contributed by atoms with van der Waals surface area (Å²) in [5, 5.41) is 5.29. The van der Waals surface area contributed by atoms with E-state index in [1.807, 2.05) is 54.6 Å². The molecule has 2 aromatic carbocycles. The second kappa shape index (κ2) is 9.75. The Morgan fingerprint density at radius 2 is 1.68 bits per heavy atom. The zero-order chi connectivity index (χ0) is 19.8. The number of furan rings is 1. The molecule has 0 radical (unpaired) electrons. The van der Waals surface area contributed by atoms with E-state index < -0.39 is 5.91 Å². The van der Waals surface area contributed by atoms with Gasteiger partial charge >= 0.3 is 0 Å². The molecule has 0 aliphatic carbocycles. The number of carbonyl (C=O) groups excluding carboxylic acids is 2. The van der Waals surface area contributed by atoms with Gasteiger partial charge in [-0.1, -0.05) is 48.5 Å². The van der Waals surface area contributed by atoms with Crippen molar-refractivity contribution in [2.45, 2.75) is 13.2 Å². The fraction of sp³-hybridized carbons (Fsp3) is 0.143. The molecule has 0 aliphatic rings. The van der Waals surface area contributed by atoms with E-state index in [1.54, 1.807) is 6.07 Å². The molecule has 0 aliphatic heterocycles. The first kappa shape index (κ1) is 19.7. The Hall–Kier alpha value is -3.06. The average molecular weight is 443 g/mol. The van der Waals surface area contributed by atoms with Crippen molar-refractivity contribution < 1.29 is 18.7 Å². The van der Waals surface area contributed by atoms with Gasteiger partial charge < -0.3 is 19.8 Å². The predicted molar refractivity (Wildman–Crippen MR) is 108 cm³/mol. The van der Waals surface area contributed by atoms with Crippen molar-refractivity contribution in [1.82, 2.24) is 10.6 Å². The van der Waals surface area contributed by atoms with Gasteiger partial charge in [0.1, 0.15) is 12.4 Å². The third-order valence-electron chi connectivity index (χ3n) is 3.89. The number of para-hydroxylation sites is 1. The van der Waals surface area contributed by atoms with E-state index in [0.29, 0.717) is 23.6 Å². The monoisotopic (exact) mass is 442 g/mol. The van der Waals surface area contributed by atoms with E-state index in [0.717, 1.165) is 11.1 Å². The van der Waals surface area contributed by atoms with Gasteiger partial charge in [-0.2, -0.15) is 0 Å². The van der Waals surface area contributed by atoms with Crippen molar-refractivity contribution in [3.63, 3.8) is 0 Å². The van der Waals surface area contributed by atoms with E-state index in [4.69, 9.17) is 9.15 Å². The molecule has 0 fully saturated rings. The summed E-state index contributed by atoms with van der Waals surface area (Å²) in [5.41, 5.74) is 1.92. The molecule has 3 rings (SSSR count). The summed E-state index contributed by atoms with van der Waals surface area (Å²) >= 11 is 3.13. The van der Waals surface area contributed by atoms with Crippen LogP contribution in [0.2, 0.25) is 0 Å². The van der Waals surface area contributed by atoms with Crippen LogP contribution in [0.15, 0.2) is 75.8 Å². The molecule has 7 heteroatoms. The first-order valence-electron chi connectivity index (χ1n) is 8.66. The zero-order valence-electron chi connectivity index (χ0n) is 15.0. The molecule has 3 aromatic rings. The van der Waals surface area contributed by atoms with Crippen LogP contribution in [0.1, 0.15) is 21.7 Å². The number of ether oxygens (including phenoxy) is 1. The number of benzene rings is 2. The highest BCUT2D eigenvalue weighted by Gasteiger charge is 2.12. The summed E-state index contributed by atoms with van der Waals surface area (Å²) in [4.78, 5) is 23.9. The molecule has 0 saturated heterocycles. The molecule has 0 bridgehead atoms. The Bertz CT molecular complexity index is 940. The number of hydrogen-bond donors (Lipinski definition) is 2. The minimum absolute atomic E-state index is 0.138. The van der Waals surface area contributed by atoms with Gasteiger partial charge in [-0.3, -0.25) is 9.59 Å². The van der Waals surface area contributed by atoms with Gasteiger partial charge in [0.25, 0.3) is 5.91 Å². The maximum Gasteiger partial charge on any atom is 0.287 e. The predicted octanol–water partition coefficient (Wildman–Crippen LogP) is 3.67. The maximum absolute atomic E-state index is 12.0. The van der Waals surface area contributed by atoms with Crippen LogP contribution < -0.4 is 15.4 Å². The van der Waals surface area contributed by atoms with Crippen LogP contribution in [0, 0.1) is 0 Å². The van der Waals surface area contributed by atoms with Crippen LogP contribution >= 0.6 is 15.9 Å². The smallest absolute Gasteiger partial charge is 0.287 e. The van der Waals surface area contributed by atoms with Crippen molar-refractivity contribution in [3.05, 3.63) is 88.3 Å². The summed E-state index contributed by atoms with van der Waals surface area (Å²) in [6.07, 6.45) is 0. The lowest BCUT2D eigenvalue weighted by atomic mass is 10.2. The van der Waals surface area contributed by atoms with Crippen LogP contribution in [0.25, 0.3) is 0 Å². The van der Waals surface area contributed by atoms with Crippen LogP contribution in [0.3, 0.4) is 0 Å². The molecule has 0 unspecified atom stereocenters. The Kier molecular flexibility index (Phi) is 6.86. The first-order chi connectivity index (χ1) is 13.6. The van der Waals surface area contributed by atoms with Gasteiger partial charge in [0.2, 0.25) is 5.91 Å². The lowest BCUT2D eigenvalue weighted by molar-refractivity contribution is -0.120. The molecule has 2 N–H and O–H groups in total. The second-order valence-corrected chi connectivity index (χ2v) is 6.73. The highest BCUT2D eigenvalue weighted by atomic mass is 79.9. The summed E-state index contributed by atoms with van der Waals surface area (Å²) in [6.45, 7) is 0.594. The van der Waals surface area contributed by atoms with E-state index in [2.05, 4.69) is 26.6 Å². The molecular weight excluding hydrogens is 424 g/mol. The van der Waals surface area contributed by atoms with Crippen LogP contribution in [-0.4, -0.2) is 18.4 Å². The Balaban J connectivity index is 1.48. The minimum atomic E-state index is -0.451. The third-order valence-corrected chi connectivity index (χ3v) is 4.32. The number of carbonyl (C=O) groups is 2. The van der Waals surface area contributed by atoms with E-state index >= 15 is 0 Å². The van der Waals surface area contributed by atoms with Crippen LogP contribution in [0.5, 0.6) is 5.75 Å². The van der Waals surface area contributed by atoms with Crippen LogP contribution in [-0.2, 0) is 17.9 Å². The standard InChI is InChI=1S/C21H19BrN2O4/c22-19-11-10-18(28-19)21(26)24-13-20(25)23-12-16-8-4-5-9-17(16)27-14-15-6-2-1-3-7-15/h1-11H,12-14H2,(H,23,25)(H,24,26). The number of halogens is 1. The van der Waals surface area contributed by atoms with E-state index in [9.17, 15) is 9.59 Å². The van der Waals surface area contributed by atoms with Gasteiger partial charge in [-0.15, -0.1) is 0 Å². The number of amides is 2. The lowest BCUT2D eigenvalue weighted by Gasteiger charge is -2.12. The number of hydrogen-bond acceptors (Lipinski definition) is 4. The molecule has 28 heavy (non-hydrogen) atoms. The molecule has 6 nitrogen and oxygen atoms in total. The Labute approximate surface area is 171 Å². The minimum Gasteiger partial charge on any atom is -0.489 e. The maximum atomic E-state index is 12.0. The highest BCUT2D eigenvalue weighted by molar-refractivity contribution is 9.10. The summed E-state index contributed by atoms with van der Waals surface area (Å²) in [5.74, 6) is 0.0831. The molecule has 0 spiro atoms. The van der Waals surface area contributed by atoms with Gasteiger partial charge in [-0.25, -0.2) is 0 Å². The first-order valence-corrected chi connectivity index (χ1v) is 9.46. The topological polar surface area (TPSA) is 80.6 Å². The van der Waals surface area contributed by atoms with Crippen molar-refractivity contribution in [2.75, 3.05) is 6.54 Å². The number of nitrogens with one attached hydrogen (secondary N) is 2. The number of rotatable bonds is 8. The fourth-order valence-corrected chi connectivity index (χ4v) is 2.77. The molecule has 0 atom stereocenters. The second-order valence-electron chi connectivity index (χ2n) is 5.95. The molecule has 2 amide bonds. The fourth-order valence-electron chi connectivity index (χ4n) is 2.47. The third kappa shape index (κ3) is 5.72. The SMILES string of the molecule is O=C(CNC(=O)c1ccc(Br)o1)NCc1ccccc1OCc1ccccc1. The molecule has 1 aromatic heterocycles. The van der Waals surface area contributed by atoms with Gasteiger partial charge in [0.05, 0.1) is 6.54 Å². The quantitative estimate of drug-likeness (QED) is 0.557. The summed E-state index contributed by atoms with van der Waals surface area (Å²) in [6, 6.07) is 20.5. The molecule has 1 heterocycles. The largest absolute Gasteiger partial charge is 0.489 e. The van der Waals surface area contributed by atoms with Crippen molar-refractivity contribution in [1.29, 1.82) is 0 Å². The van der Waals surface area contributed by atoms with Gasteiger partial charge in [0.15, 0.2) is 10.4 Å². The van der Waals surface area contributed by atoms with Crippen LogP contribution in [0.4, 0.5) is 0 Å². The summed E-state index contributed by atoms with van der Waals surface area (Å²) < 4.78 is 11.5. The summed E-state index contributed by atoms with van der Waals surface area (Å²) in [7, 11) is 0. The normalized spacial score (nSPS) is 10.3. The van der Waals surface area contributed by atoms with Crippen molar-refractivity contribution in [2.24, 2.45) is 0 Å². The van der Waals surface area contributed by atoms with Gasteiger partial charge in [0, 0.05) is 12.1 Å².